The molecule has 0 unspecified atom stereocenters. The first-order chi connectivity index (χ1) is 14.5. The molecule has 168 valence electrons. The van der Waals surface area contributed by atoms with E-state index in [1.54, 1.807) is 20.1 Å². The second kappa shape index (κ2) is 10.4. The van der Waals surface area contributed by atoms with Crippen molar-refractivity contribution in [2.24, 2.45) is 0 Å². The molecule has 0 aliphatic rings. The number of nitrogens with one attached hydrogen (secondary N) is 1. The summed E-state index contributed by atoms with van der Waals surface area (Å²) in [5, 5.41) is 2.64. The third-order valence-electron chi connectivity index (χ3n) is 4.70. The Hall–Kier alpha value is -2.91. The number of hydrogen-bond donors (Lipinski definition) is 1. The van der Waals surface area contributed by atoms with Crippen LogP contribution in [0.1, 0.15) is 24.5 Å². The molecule has 0 saturated carbocycles. The van der Waals surface area contributed by atoms with Gasteiger partial charge in [0.05, 0.1) is 12.0 Å². The maximum Gasteiger partial charge on any atom is 0.306 e. The van der Waals surface area contributed by atoms with E-state index in [1.807, 2.05) is 24.3 Å². The molecule has 0 aliphatic heterocycles. The van der Waals surface area contributed by atoms with Crippen molar-refractivity contribution in [3.05, 3.63) is 53.6 Å². The van der Waals surface area contributed by atoms with E-state index in [0.717, 1.165) is 15.6 Å². The van der Waals surface area contributed by atoms with Gasteiger partial charge in [-0.1, -0.05) is 18.2 Å². The zero-order chi connectivity index (χ0) is 23.2. The minimum absolute atomic E-state index is 0.0579. The molecule has 2 aromatic carbocycles. The van der Waals surface area contributed by atoms with Crippen LogP contribution in [0.3, 0.4) is 0 Å². The summed E-state index contributed by atoms with van der Waals surface area (Å²) in [6.45, 7) is 3.21. The van der Waals surface area contributed by atoms with Crippen molar-refractivity contribution >= 4 is 27.6 Å². The molecular formula is C22H28N2O6S. The van der Waals surface area contributed by atoms with Gasteiger partial charge in [0, 0.05) is 26.2 Å². The number of esters is 1. The van der Waals surface area contributed by atoms with Crippen molar-refractivity contribution in [2.45, 2.75) is 37.7 Å². The average Bonchev–Trinajstić information content (AvgIpc) is 2.73. The SMILES string of the molecule is COc1ccc(CCC(=O)O[C@@H](C)C(=O)Nc2cc(S(=O)(=O)N(C)C)ccc2C)cc1. The summed E-state index contributed by atoms with van der Waals surface area (Å²) in [7, 11) is 0.803. The predicted molar refractivity (Wildman–Crippen MR) is 118 cm³/mol. The fraction of sp³-hybridized carbons (Fsp3) is 0.364. The summed E-state index contributed by atoms with van der Waals surface area (Å²) in [5.74, 6) is -0.311. The normalized spacial score (nSPS) is 12.3. The van der Waals surface area contributed by atoms with Crippen molar-refractivity contribution in [2.75, 3.05) is 26.5 Å². The van der Waals surface area contributed by atoms with Crippen LogP contribution in [-0.4, -0.2) is 51.9 Å². The predicted octanol–water partition coefficient (Wildman–Crippen LogP) is 2.76. The van der Waals surface area contributed by atoms with E-state index in [9.17, 15) is 18.0 Å². The largest absolute Gasteiger partial charge is 0.497 e. The highest BCUT2D eigenvalue weighted by atomic mass is 32.2. The zero-order valence-electron chi connectivity index (χ0n) is 18.3. The number of carbonyl (C=O) groups is 2. The quantitative estimate of drug-likeness (QED) is 0.592. The molecule has 1 atom stereocenters. The summed E-state index contributed by atoms with van der Waals surface area (Å²) in [5.41, 5.74) is 1.97. The Labute approximate surface area is 183 Å². The third-order valence-corrected chi connectivity index (χ3v) is 6.51. The van der Waals surface area contributed by atoms with Gasteiger partial charge in [-0.05, 0) is 55.7 Å². The van der Waals surface area contributed by atoms with Crippen LogP contribution in [0.25, 0.3) is 0 Å². The monoisotopic (exact) mass is 448 g/mol. The molecular weight excluding hydrogens is 420 g/mol. The highest BCUT2D eigenvalue weighted by Crippen LogP contribution is 2.22. The molecule has 0 aliphatic carbocycles. The fourth-order valence-electron chi connectivity index (χ4n) is 2.69. The first kappa shape index (κ1) is 24.4. The molecule has 2 aromatic rings. The molecule has 0 aromatic heterocycles. The van der Waals surface area contributed by atoms with Gasteiger partial charge in [0.1, 0.15) is 5.75 Å². The van der Waals surface area contributed by atoms with Gasteiger partial charge in [-0.15, -0.1) is 0 Å². The lowest BCUT2D eigenvalue weighted by Gasteiger charge is -2.17. The second-order valence-corrected chi connectivity index (χ2v) is 9.39. The lowest BCUT2D eigenvalue weighted by atomic mass is 10.1. The summed E-state index contributed by atoms with van der Waals surface area (Å²) in [6.07, 6.45) is -0.433. The number of ether oxygens (including phenoxy) is 2. The maximum atomic E-state index is 12.5. The highest BCUT2D eigenvalue weighted by Gasteiger charge is 2.21. The second-order valence-electron chi connectivity index (χ2n) is 7.23. The standard InChI is InChI=1S/C22H28N2O6S/c1-15-6-12-19(31(27,28)24(3)4)14-20(15)23-22(26)16(2)30-21(25)13-9-17-7-10-18(29-5)11-8-17/h6-8,10-12,14,16H,9,13H2,1-5H3,(H,23,26)/t16-/m0/s1. The zero-order valence-corrected chi connectivity index (χ0v) is 19.2. The van der Waals surface area contributed by atoms with Crippen LogP contribution in [0.5, 0.6) is 5.75 Å². The van der Waals surface area contributed by atoms with Gasteiger partial charge in [0.25, 0.3) is 5.91 Å². The summed E-state index contributed by atoms with van der Waals surface area (Å²) >= 11 is 0. The van der Waals surface area contributed by atoms with Crippen molar-refractivity contribution in [1.82, 2.24) is 4.31 Å². The number of anilines is 1. The summed E-state index contributed by atoms with van der Waals surface area (Å²) in [6, 6.07) is 11.8. The number of rotatable bonds is 9. The molecule has 1 amide bonds. The van der Waals surface area contributed by atoms with Crippen LogP contribution in [0, 0.1) is 6.92 Å². The average molecular weight is 449 g/mol. The number of amides is 1. The van der Waals surface area contributed by atoms with Crippen LogP contribution in [0.4, 0.5) is 5.69 Å². The van der Waals surface area contributed by atoms with Crippen molar-refractivity contribution in [3.63, 3.8) is 0 Å². The molecule has 0 saturated heterocycles. The Morgan fingerprint density at radius 1 is 1.10 bits per heavy atom. The Bertz CT molecular complexity index is 1030. The van der Waals surface area contributed by atoms with E-state index in [4.69, 9.17) is 9.47 Å². The number of hydrogen-bond acceptors (Lipinski definition) is 6. The number of aryl methyl sites for hydroxylation is 2. The van der Waals surface area contributed by atoms with Crippen LogP contribution in [0.2, 0.25) is 0 Å². The topological polar surface area (TPSA) is 102 Å². The van der Waals surface area contributed by atoms with Gasteiger partial charge >= 0.3 is 5.97 Å². The van der Waals surface area contributed by atoms with E-state index >= 15 is 0 Å². The Morgan fingerprint density at radius 3 is 2.32 bits per heavy atom. The number of methoxy groups -OCH3 is 1. The molecule has 8 nitrogen and oxygen atoms in total. The summed E-state index contributed by atoms with van der Waals surface area (Å²) in [4.78, 5) is 24.7. The van der Waals surface area contributed by atoms with Gasteiger partial charge < -0.3 is 14.8 Å². The highest BCUT2D eigenvalue weighted by molar-refractivity contribution is 7.89. The minimum Gasteiger partial charge on any atom is -0.497 e. The van der Waals surface area contributed by atoms with Crippen LogP contribution in [-0.2, 0) is 30.8 Å². The van der Waals surface area contributed by atoms with E-state index in [0.29, 0.717) is 17.7 Å². The van der Waals surface area contributed by atoms with E-state index in [2.05, 4.69) is 5.32 Å². The van der Waals surface area contributed by atoms with Gasteiger partial charge in [-0.2, -0.15) is 0 Å². The maximum absolute atomic E-state index is 12.5. The Morgan fingerprint density at radius 2 is 1.74 bits per heavy atom. The third kappa shape index (κ3) is 6.53. The summed E-state index contributed by atoms with van der Waals surface area (Å²) < 4.78 is 36.1. The van der Waals surface area contributed by atoms with Crippen molar-refractivity contribution in [3.8, 4) is 5.75 Å². The van der Waals surface area contributed by atoms with Crippen LogP contribution >= 0.6 is 0 Å². The molecule has 1 N–H and O–H groups in total. The lowest BCUT2D eigenvalue weighted by molar-refractivity contribution is -0.153. The minimum atomic E-state index is -3.64. The van der Waals surface area contributed by atoms with E-state index in [-0.39, 0.29) is 11.3 Å². The van der Waals surface area contributed by atoms with E-state index in [1.165, 1.54) is 33.2 Å². The fourth-order valence-corrected chi connectivity index (χ4v) is 3.62. The van der Waals surface area contributed by atoms with Gasteiger partial charge in [-0.25, -0.2) is 12.7 Å². The number of benzene rings is 2. The molecule has 0 bridgehead atoms. The molecule has 0 radical (unpaired) electrons. The van der Waals surface area contributed by atoms with Crippen LogP contribution in [0.15, 0.2) is 47.4 Å². The molecule has 31 heavy (non-hydrogen) atoms. The van der Waals surface area contributed by atoms with E-state index < -0.39 is 28.0 Å². The number of carbonyl (C=O) groups excluding carboxylic acids is 2. The van der Waals surface area contributed by atoms with Crippen LogP contribution < -0.4 is 10.1 Å². The van der Waals surface area contributed by atoms with Gasteiger partial charge in [0.2, 0.25) is 10.0 Å². The number of sulfonamides is 1. The van der Waals surface area contributed by atoms with Gasteiger partial charge in [-0.3, -0.25) is 9.59 Å². The molecule has 0 spiro atoms. The Balaban J connectivity index is 1.96. The first-order valence-electron chi connectivity index (χ1n) is 9.71. The molecule has 9 heteroatoms. The smallest absolute Gasteiger partial charge is 0.306 e. The van der Waals surface area contributed by atoms with Crippen molar-refractivity contribution < 1.29 is 27.5 Å². The van der Waals surface area contributed by atoms with Crippen molar-refractivity contribution in [1.29, 1.82) is 0 Å². The Kier molecular flexibility index (Phi) is 8.18. The molecule has 2 rings (SSSR count). The number of nitrogens with zero attached hydrogens (tertiary/aromatic N) is 1. The molecule has 0 fully saturated rings. The molecule has 0 heterocycles. The lowest BCUT2D eigenvalue weighted by Crippen LogP contribution is -2.30. The first-order valence-corrected chi connectivity index (χ1v) is 11.1. The van der Waals surface area contributed by atoms with Gasteiger partial charge in [0.15, 0.2) is 6.10 Å².